The zero-order valence-electron chi connectivity index (χ0n) is 20.6. The molecule has 32 heavy (non-hydrogen) atoms. The molecule has 3 aromatic carbocycles. The smallest absolute Gasteiger partial charge is 0.151 e. The van der Waals surface area contributed by atoms with Gasteiger partial charge in [0.05, 0.1) is 0 Å². The number of rotatable bonds is 5. The summed E-state index contributed by atoms with van der Waals surface area (Å²) in [6.07, 6.45) is 0. The van der Waals surface area contributed by atoms with Crippen molar-refractivity contribution >= 4 is 24.2 Å². The van der Waals surface area contributed by atoms with Crippen LogP contribution in [0.25, 0.3) is 5.76 Å². The van der Waals surface area contributed by atoms with Crippen molar-refractivity contribution in [2.75, 3.05) is 0 Å². The van der Waals surface area contributed by atoms with Crippen molar-refractivity contribution in [2.45, 2.75) is 65.3 Å². The lowest BCUT2D eigenvalue weighted by Crippen LogP contribution is -2.62. The fourth-order valence-corrected chi connectivity index (χ4v) is 10.2. The lowest BCUT2D eigenvalue weighted by atomic mass is 9.94. The minimum absolute atomic E-state index is 0.105. The lowest BCUT2D eigenvalue weighted by Gasteiger charge is -2.39. The highest BCUT2D eigenvalue weighted by Crippen LogP contribution is 2.44. The van der Waals surface area contributed by atoms with Crippen molar-refractivity contribution in [1.82, 2.24) is 0 Å². The van der Waals surface area contributed by atoms with E-state index in [2.05, 4.69) is 127 Å². The van der Waals surface area contributed by atoms with Gasteiger partial charge in [0.15, 0.2) is 8.07 Å². The van der Waals surface area contributed by atoms with E-state index in [1.54, 1.807) is 0 Å². The van der Waals surface area contributed by atoms with Crippen molar-refractivity contribution in [3.05, 3.63) is 95.2 Å². The molecule has 1 nitrogen and oxygen atoms in total. The van der Waals surface area contributed by atoms with Crippen LogP contribution in [0.15, 0.2) is 78.5 Å². The standard InChI is InChI=1S/C30H36OSi/c1-21(2)24-17-13-18-25(22(3)4)29(24)31-27-20-32(30(5,6)7,23-14-9-8-10-15-23)28-19-12-11-16-26(27)28/h8-22H,1-7H3/t32-/m0/s1. The predicted octanol–water partition coefficient (Wildman–Crippen LogP) is 7.27. The van der Waals surface area contributed by atoms with Crippen molar-refractivity contribution in [3.63, 3.8) is 0 Å². The number of hydrogen-bond acceptors (Lipinski definition) is 1. The van der Waals surface area contributed by atoms with Crippen molar-refractivity contribution in [3.8, 4) is 5.75 Å². The van der Waals surface area contributed by atoms with Crippen LogP contribution in [0.1, 0.15) is 77.0 Å². The van der Waals surface area contributed by atoms with Crippen LogP contribution in [0.3, 0.4) is 0 Å². The maximum absolute atomic E-state index is 6.95. The molecule has 166 valence electrons. The molecule has 1 aliphatic heterocycles. The maximum atomic E-state index is 6.95. The highest BCUT2D eigenvalue weighted by Gasteiger charge is 2.51. The Kier molecular flexibility index (Phi) is 5.94. The molecule has 0 radical (unpaired) electrons. The van der Waals surface area contributed by atoms with Crippen LogP contribution in [-0.4, -0.2) is 8.07 Å². The SMILES string of the molecule is CC(C)c1cccc(C(C)C)c1OC1=C[Si@@](c2ccccc2)(C(C)(C)C)c2ccccc21. The summed E-state index contributed by atoms with van der Waals surface area (Å²) in [4.78, 5) is 0. The van der Waals surface area contributed by atoms with E-state index in [1.807, 2.05) is 0 Å². The zero-order chi connectivity index (χ0) is 23.1. The Labute approximate surface area is 195 Å². The summed E-state index contributed by atoms with van der Waals surface area (Å²) in [6, 6.07) is 26.6. The summed E-state index contributed by atoms with van der Waals surface area (Å²) < 4.78 is 6.95. The second-order valence-electron chi connectivity index (χ2n) is 10.7. The first-order valence-electron chi connectivity index (χ1n) is 11.9. The Hall–Kier alpha value is -2.58. The van der Waals surface area contributed by atoms with Gasteiger partial charge in [-0.3, -0.25) is 0 Å². The average molecular weight is 441 g/mol. The Morgan fingerprint density at radius 1 is 0.688 bits per heavy atom. The third-order valence-corrected chi connectivity index (χ3v) is 12.5. The van der Waals surface area contributed by atoms with E-state index < -0.39 is 8.07 Å². The molecule has 1 atom stereocenters. The van der Waals surface area contributed by atoms with Crippen LogP contribution in [0.4, 0.5) is 0 Å². The molecule has 1 aliphatic rings. The number of fused-ring (bicyclic) bond motifs is 1. The van der Waals surface area contributed by atoms with Crippen LogP contribution in [0.5, 0.6) is 5.75 Å². The minimum Gasteiger partial charge on any atom is -0.457 e. The molecule has 0 spiro atoms. The molecule has 0 bridgehead atoms. The van der Waals surface area contributed by atoms with Gasteiger partial charge in [0.2, 0.25) is 0 Å². The Bertz CT molecular complexity index is 1110. The molecule has 0 N–H and O–H groups in total. The zero-order valence-corrected chi connectivity index (χ0v) is 21.6. The number of hydrogen-bond donors (Lipinski definition) is 0. The van der Waals surface area contributed by atoms with Crippen LogP contribution in [0, 0.1) is 0 Å². The number of para-hydroxylation sites is 1. The molecule has 0 aromatic heterocycles. The lowest BCUT2D eigenvalue weighted by molar-refractivity contribution is 0.494. The van der Waals surface area contributed by atoms with Gasteiger partial charge in [-0.05, 0) is 44.1 Å². The van der Waals surface area contributed by atoms with E-state index in [9.17, 15) is 0 Å². The van der Waals surface area contributed by atoms with Gasteiger partial charge in [-0.25, -0.2) is 0 Å². The Balaban J connectivity index is 1.96. The molecule has 0 fully saturated rings. The first kappa shape index (κ1) is 22.6. The second-order valence-corrected chi connectivity index (χ2v) is 15.2. The summed E-state index contributed by atoms with van der Waals surface area (Å²) in [6.45, 7) is 16.2. The summed E-state index contributed by atoms with van der Waals surface area (Å²) in [5, 5.41) is 3.01. The van der Waals surface area contributed by atoms with Gasteiger partial charge < -0.3 is 4.74 Å². The van der Waals surface area contributed by atoms with Crippen LogP contribution in [0.2, 0.25) is 5.04 Å². The molecule has 0 unspecified atom stereocenters. The fourth-order valence-electron chi connectivity index (χ4n) is 5.18. The van der Waals surface area contributed by atoms with E-state index >= 15 is 0 Å². The van der Waals surface area contributed by atoms with Gasteiger partial charge in [-0.1, -0.05) is 121 Å². The molecule has 0 aliphatic carbocycles. The minimum atomic E-state index is -2.22. The normalized spacial score (nSPS) is 18.1. The van der Waals surface area contributed by atoms with E-state index in [1.165, 1.54) is 27.1 Å². The molecule has 0 amide bonds. The van der Waals surface area contributed by atoms with Gasteiger partial charge in [0.1, 0.15) is 11.5 Å². The van der Waals surface area contributed by atoms with E-state index in [4.69, 9.17) is 4.74 Å². The predicted molar refractivity (Wildman–Crippen MR) is 141 cm³/mol. The fraction of sp³-hybridized carbons (Fsp3) is 0.333. The first-order valence-corrected chi connectivity index (χ1v) is 13.9. The monoisotopic (exact) mass is 440 g/mol. The highest BCUT2D eigenvalue weighted by molar-refractivity contribution is 7.09. The van der Waals surface area contributed by atoms with Crippen molar-refractivity contribution in [1.29, 1.82) is 0 Å². The van der Waals surface area contributed by atoms with Gasteiger partial charge in [0.25, 0.3) is 0 Å². The van der Waals surface area contributed by atoms with Crippen molar-refractivity contribution in [2.24, 2.45) is 0 Å². The maximum Gasteiger partial charge on any atom is 0.151 e. The Morgan fingerprint density at radius 2 is 1.25 bits per heavy atom. The molecule has 4 rings (SSSR count). The highest BCUT2D eigenvalue weighted by atomic mass is 28.3. The molecule has 2 heteroatoms. The summed E-state index contributed by atoms with van der Waals surface area (Å²) in [5.41, 5.74) is 6.34. The van der Waals surface area contributed by atoms with Crippen molar-refractivity contribution < 1.29 is 4.74 Å². The topological polar surface area (TPSA) is 9.23 Å². The quantitative estimate of drug-likeness (QED) is 0.379. The van der Waals surface area contributed by atoms with E-state index in [-0.39, 0.29) is 5.04 Å². The van der Waals surface area contributed by atoms with Crippen LogP contribution < -0.4 is 15.1 Å². The number of benzene rings is 3. The number of ether oxygens (including phenoxy) is 1. The molecule has 0 saturated carbocycles. The largest absolute Gasteiger partial charge is 0.457 e. The average Bonchev–Trinajstić information content (AvgIpc) is 3.10. The molecule has 3 aromatic rings. The molecular weight excluding hydrogens is 404 g/mol. The Morgan fingerprint density at radius 3 is 1.81 bits per heavy atom. The van der Waals surface area contributed by atoms with E-state index in [0.717, 1.165) is 11.5 Å². The third kappa shape index (κ3) is 3.65. The van der Waals surface area contributed by atoms with Gasteiger partial charge >= 0.3 is 0 Å². The second kappa shape index (κ2) is 8.40. The molecular formula is C30H36OSi. The van der Waals surface area contributed by atoms with E-state index in [0.29, 0.717) is 11.8 Å². The van der Waals surface area contributed by atoms with Crippen LogP contribution in [-0.2, 0) is 0 Å². The molecule has 1 heterocycles. The third-order valence-electron chi connectivity index (χ3n) is 6.91. The van der Waals surface area contributed by atoms with Gasteiger partial charge in [-0.15, -0.1) is 0 Å². The van der Waals surface area contributed by atoms with Gasteiger partial charge in [0, 0.05) is 5.56 Å². The first-order chi connectivity index (χ1) is 15.2. The summed E-state index contributed by atoms with van der Waals surface area (Å²) in [7, 11) is -2.22. The van der Waals surface area contributed by atoms with Crippen LogP contribution >= 0.6 is 0 Å². The van der Waals surface area contributed by atoms with Gasteiger partial charge in [-0.2, -0.15) is 0 Å². The summed E-state index contributed by atoms with van der Waals surface area (Å²) >= 11 is 0. The molecule has 0 saturated heterocycles. The summed E-state index contributed by atoms with van der Waals surface area (Å²) in [5.74, 6) is 2.88.